The zero-order chi connectivity index (χ0) is 23.7. The highest BCUT2D eigenvalue weighted by Crippen LogP contribution is 2.47. The lowest BCUT2D eigenvalue weighted by molar-refractivity contribution is -0.130. The minimum atomic E-state index is -0.511. The van der Waals surface area contributed by atoms with E-state index in [9.17, 15) is 9.59 Å². The summed E-state index contributed by atoms with van der Waals surface area (Å²) in [6.45, 7) is 14.5. The Kier molecular flexibility index (Phi) is 8.52. The van der Waals surface area contributed by atoms with Gasteiger partial charge in [0.05, 0.1) is 0 Å². The molecule has 0 saturated carbocycles. The molecule has 0 radical (unpaired) electrons. The molecule has 0 amide bonds. The third-order valence-corrected chi connectivity index (χ3v) is 6.90. The summed E-state index contributed by atoms with van der Waals surface area (Å²) in [6, 6.07) is 6.97. The molecule has 0 aromatic heterocycles. The molecule has 0 aliphatic rings. The van der Waals surface area contributed by atoms with Crippen molar-refractivity contribution in [3.63, 3.8) is 0 Å². The number of hydrogen-bond donors (Lipinski definition) is 0. The number of carbonyl (C=O) groups is 2. The Bertz CT molecular complexity index is 971. The monoisotopic (exact) mass is 676 g/mol. The Morgan fingerprint density at radius 1 is 0.710 bits per heavy atom. The van der Waals surface area contributed by atoms with E-state index in [-0.39, 0.29) is 0 Å². The molecular formula is C23H20Br4O4. The van der Waals surface area contributed by atoms with E-state index in [0.717, 1.165) is 29.0 Å². The van der Waals surface area contributed by atoms with Gasteiger partial charge in [-0.2, -0.15) is 0 Å². The average molecular weight is 680 g/mol. The van der Waals surface area contributed by atoms with Crippen molar-refractivity contribution in [3.05, 3.63) is 77.6 Å². The normalized spacial score (nSPS) is 11.1. The summed E-state index contributed by atoms with van der Waals surface area (Å²) >= 11 is 14.5. The Hall–Kier alpha value is -1.22. The summed E-state index contributed by atoms with van der Waals surface area (Å²) < 4.78 is 13.7. The molecule has 0 aliphatic carbocycles. The molecule has 2 rings (SSSR count). The third-order valence-electron chi connectivity index (χ3n) is 4.40. The third kappa shape index (κ3) is 5.97. The van der Waals surface area contributed by atoms with Crippen molar-refractivity contribution >= 4 is 75.7 Å². The molecule has 0 heterocycles. The van der Waals surface area contributed by atoms with Gasteiger partial charge in [0, 0.05) is 34.5 Å². The second-order valence-electron chi connectivity index (χ2n) is 7.49. The first-order valence-electron chi connectivity index (χ1n) is 9.00. The Morgan fingerprint density at radius 3 is 1.19 bits per heavy atom. The topological polar surface area (TPSA) is 52.6 Å². The minimum absolute atomic E-state index is 0.317. The lowest BCUT2D eigenvalue weighted by Crippen LogP contribution is -2.22. The van der Waals surface area contributed by atoms with Crippen LogP contribution in [0.2, 0.25) is 0 Å². The predicted molar refractivity (Wildman–Crippen MR) is 137 cm³/mol. The molecule has 8 heteroatoms. The molecule has 0 spiro atoms. The van der Waals surface area contributed by atoms with Gasteiger partial charge < -0.3 is 9.47 Å². The standard InChI is InChI=1S/C23H20Br4O4/c1-11(2)21(28)30-13-7-15(24)19(16(25)8-13)23(5,6)20-17(26)9-14(10-18(20)27)31-22(29)12(3)4/h7-10H,1,3H2,2,4-6H3. The zero-order valence-corrected chi connectivity index (χ0v) is 23.7. The van der Waals surface area contributed by atoms with Crippen molar-refractivity contribution < 1.29 is 19.1 Å². The summed E-state index contributed by atoms with van der Waals surface area (Å²) in [4.78, 5) is 23.7. The molecule has 0 aliphatic heterocycles. The fourth-order valence-electron chi connectivity index (χ4n) is 2.93. The number of esters is 2. The summed E-state index contributed by atoms with van der Waals surface area (Å²) in [7, 11) is 0. The number of hydrogen-bond acceptors (Lipinski definition) is 4. The fourth-order valence-corrected chi connectivity index (χ4v) is 7.20. The molecule has 0 N–H and O–H groups in total. The van der Waals surface area contributed by atoms with Crippen molar-refractivity contribution in [1.29, 1.82) is 0 Å². The van der Waals surface area contributed by atoms with Crippen molar-refractivity contribution in [2.75, 3.05) is 0 Å². The van der Waals surface area contributed by atoms with E-state index in [1.54, 1.807) is 38.1 Å². The largest absolute Gasteiger partial charge is 0.423 e. The molecule has 0 atom stereocenters. The van der Waals surface area contributed by atoms with Crippen LogP contribution >= 0.6 is 63.7 Å². The van der Waals surface area contributed by atoms with E-state index in [1.165, 1.54) is 0 Å². The van der Waals surface area contributed by atoms with Gasteiger partial charge in [-0.25, -0.2) is 9.59 Å². The predicted octanol–water partition coefficient (Wildman–Crippen LogP) is 8.03. The molecule has 0 bridgehead atoms. The van der Waals surface area contributed by atoms with E-state index in [2.05, 4.69) is 90.7 Å². The maximum atomic E-state index is 11.9. The van der Waals surface area contributed by atoms with Crippen molar-refractivity contribution in [2.24, 2.45) is 0 Å². The number of carbonyl (C=O) groups excluding carboxylic acids is 2. The highest BCUT2D eigenvalue weighted by Gasteiger charge is 2.33. The summed E-state index contributed by atoms with van der Waals surface area (Å²) in [5.41, 5.74) is 2.00. The maximum Gasteiger partial charge on any atom is 0.338 e. The maximum absolute atomic E-state index is 11.9. The first kappa shape index (κ1) is 26.0. The average Bonchev–Trinajstić information content (AvgIpc) is 2.59. The molecule has 2 aromatic carbocycles. The first-order valence-corrected chi connectivity index (χ1v) is 12.2. The van der Waals surface area contributed by atoms with Crippen molar-refractivity contribution in [1.82, 2.24) is 0 Å². The van der Waals surface area contributed by atoms with Gasteiger partial charge in [0.25, 0.3) is 0 Å². The van der Waals surface area contributed by atoms with Crippen LogP contribution in [0.1, 0.15) is 38.8 Å². The zero-order valence-electron chi connectivity index (χ0n) is 17.4. The quantitative estimate of drug-likeness (QED) is 0.176. The van der Waals surface area contributed by atoms with Gasteiger partial charge in [0.15, 0.2) is 0 Å². The molecule has 4 nitrogen and oxygen atoms in total. The van der Waals surface area contributed by atoms with Crippen LogP contribution in [0, 0.1) is 0 Å². The van der Waals surface area contributed by atoms with Crippen LogP contribution in [0.3, 0.4) is 0 Å². The van der Waals surface area contributed by atoms with Crippen molar-refractivity contribution in [2.45, 2.75) is 33.1 Å². The molecular weight excluding hydrogens is 660 g/mol. The highest BCUT2D eigenvalue weighted by atomic mass is 79.9. The van der Waals surface area contributed by atoms with Crippen LogP contribution in [-0.4, -0.2) is 11.9 Å². The second-order valence-corrected chi connectivity index (χ2v) is 10.9. The Balaban J connectivity index is 2.52. The van der Waals surface area contributed by atoms with Gasteiger partial charge in [-0.3, -0.25) is 0 Å². The highest BCUT2D eigenvalue weighted by molar-refractivity contribution is 9.11. The number of ether oxygens (including phenoxy) is 2. The minimum Gasteiger partial charge on any atom is -0.423 e. The van der Waals surface area contributed by atoms with Crippen LogP contribution in [0.5, 0.6) is 11.5 Å². The van der Waals surface area contributed by atoms with Gasteiger partial charge in [-0.1, -0.05) is 90.7 Å². The lowest BCUT2D eigenvalue weighted by Gasteiger charge is -2.31. The van der Waals surface area contributed by atoms with Gasteiger partial charge in [0.1, 0.15) is 11.5 Å². The van der Waals surface area contributed by atoms with Crippen LogP contribution in [-0.2, 0) is 15.0 Å². The van der Waals surface area contributed by atoms with Crippen LogP contribution < -0.4 is 9.47 Å². The smallest absolute Gasteiger partial charge is 0.338 e. The molecule has 0 unspecified atom stereocenters. The van der Waals surface area contributed by atoms with Gasteiger partial charge in [0.2, 0.25) is 0 Å². The first-order chi connectivity index (χ1) is 14.2. The molecule has 0 fully saturated rings. The van der Waals surface area contributed by atoms with E-state index >= 15 is 0 Å². The fraction of sp³-hybridized carbons (Fsp3) is 0.217. The number of rotatable bonds is 6. The van der Waals surface area contributed by atoms with Crippen LogP contribution in [0.4, 0.5) is 0 Å². The molecule has 0 saturated heterocycles. The molecule has 2 aromatic rings. The Morgan fingerprint density at radius 2 is 0.968 bits per heavy atom. The van der Waals surface area contributed by atoms with E-state index in [4.69, 9.17) is 9.47 Å². The van der Waals surface area contributed by atoms with Crippen molar-refractivity contribution in [3.8, 4) is 11.5 Å². The number of halogens is 4. The van der Waals surface area contributed by atoms with Gasteiger partial charge in [-0.05, 0) is 49.2 Å². The van der Waals surface area contributed by atoms with E-state index in [1.807, 2.05) is 0 Å². The summed E-state index contributed by atoms with van der Waals surface area (Å²) in [6.07, 6.45) is 0. The molecule has 164 valence electrons. The summed E-state index contributed by atoms with van der Waals surface area (Å²) in [5, 5.41) is 0. The SMILES string of the molecule is C=C(C)C(=O)Oc1cc(Br)c(C(C)(C)c2c(Br)cc(OC(=O)C(=C)C)cc2Br)c(Br)c1. The lowest BCUT2D eigenvalue weighted by atomic mass is 9.78. The van der Waals surface area contributed by atoms with Crippen LogP contribution in [0.25, 0.3) is 0 Å². The Labute approximate surface area is 215 Å². The summed E-state index contributed by atoms with van der Waals surface area (Å²) in [5.74, 6) is -0.189. The van der Waals surface area contributed by atoms with E-state index < -0.39 is 17.4 Å². The second kappa shape index (κ2) is 10.1. The van der Waals surface area contributed by atoms with Gasteiger partial charge >= 0.3 is 11.9 Å². The molecule has 31 heavy (non-hydrogen) atoms. The van der Waals surface area contributed by atoms with Gasteiger partial charge in [-0.15, -0.1) is 0 Å². The van der Waals surface area contributed by atoms with Crippen LogP contribution in [0.15, 0.2) is 66.5 Å². The number of benzene rings is 2. The van der Waals surface area contributed by atoms with E-state index in [0.29, 0.717) is 22.6 Å².